The van der Waals surface area contributed by atoms with Crippen molar-refractivity contribution in [2.24, 2.45) is 11.5 Å². The third-order valence-electron chi connectivity index (χ3n) is 3.26. The molecular formula is C15H17N3O4. The molecule has 0 spiro atoms. The van der Waals surface area contributed by atoms with Gasteiger partial charge in [0.25, 0.3) is 0 Å². The van der Waals surface area contributed by atoms with Gasteiger partial charge < -0.3 is 21.2 Å². The van der Waals surface area contributed by atoms with Crippen LogP contribution in [0.4, 0.5) is 5.69 Å². The second-order valence-electron chi connectivity index (χ2n) is 5.06. The van der Waals surface area contributed by atoms with Crippen LogP contribution in [0, 0.1) is 6.92 Å². The molecule has 1 aromatic heterocycles. The van der Waals surface area contributed by atoms with Gasteiger partial charge in [-0.05, 0) is 31.0 Å². The number of carbonyl (C=O) groups is 2. The molecule has 0 aliphatic rings. The van der Waals surface area contributed by atoms with Gasteiger partial charge in [-0.3, -0.25) is 9.59 Å². The monoisotopic (exact) mass is 303 g/mol. The average Bonchev–Trinajstić information content (AvgIpc) is 2.43. The standard InChI is InChI=1S/C15H17N3O4/c1-8-6-14(20)22-12-7-9(2-3-10(8)12)18-15(21)11(16)4-5-13(17)19/h2-3,6-7,11H,4-5,16H2,1H3,(H2,17,19)(H,18,21)/t11-/m0/s1. The van der Waals surface area contributed by atoms with Crippen LogP contribution in [0.15, 0.2) is 33.5 Å². The van der Waals surface area contributed by atoms with E-state index in [0.717, 1.165) is 10.9 Å². The van der Waals surface area contributed by atoms with Gasteiger partial charge in [-0.1, -0.05) is 0 Å². The Morgan fingerprint density at radius 1 is 1.32 bits per heavy atom. The lowest BCUT2D eigenvalue weighted by molar-refractivity contribution is -0.119. The number of carbonyl (C=O) groups excluding carboxylic acids is 2. The number of amides is 2. The molecule has 0 radical (unpaired) electrons. The number of primary amides is 1. The van der Waals surface area contributed by atoms with Gasteiger partial charge in [0, 0.05) is 29.6 Å². The fourth-order valence-electron chi connectivity index (χ4n) is 2.07. The van der Waals surface area contributed by atoms with Crippen LogP contribution in [-0.2, 0) is 9.59 Å². The lowest BCUT2D eigenvalue weighted by Gasteiger charge is -2.12. The maximum Gasteiger partial charge on any atom is 0.336 e. The molecule has 0 unspecified atom stereocenters. The zero-order chi connectivity index (χ0) is 16.3. The van der Waals surface area contributed by atoms with Crippen LogP contribution < -0.4 is 22.4 Å². The maximum absolute atomic E-state index is 11.9. The number of anilines is 1. The third kappa shape index (κ3) is 3.70. The molecule has 116 valence electrons. The third-order valence-corrected chi connectivity index (χ3v) is 3.26. The van der Waals surface area contributed by atoms with Crippen molar-refractivity contribution in [2.45, 2.75) is 25.8 Å². The zero-order valence-electron chi connectivity index (χ0n) is 12.1. The van der Waals surface area contributed by atoms with Crippen molar-refractivity contribution < 1.29 is 14.0 Å². The Morgan fingerprint density at radius 3 is 2.73 bits per heavy atom. The van der Waals surface area contributed by atoms with E-state index >= 15 is 0 Å². The molecule has 0 fully saturated rings. The molecule has 0 bridgehead atoms. The first-order valence-corrected chi connectivity index (χ1v) is 6.76. The summed E-state index contributed by atoms with van der Waals surface area (Å²) in [7, 11) is 0. The zero-order valence-corrected chi connectivity index (χ0v) is 12.1. The van der Waals surface area contributed by atoms with Gasteiger partial charge in [0.2, 0.25) is 11.8 Å². The van der Waals surface area contributed by atoms with E-state index in [1.165, 1.54) is 6.07 Å². The van der Waals surface area contributed by atoms with Crippen LogP contribution in [0.3, 0.4) is 0 Å². The summed E-state index contributed by atoms with van der Waals surface area (Å²) in [5.41, 5.74) is 11.9. The average molecular weight is 303 g/mol. The van der Waals surface area contributed by atoms with Crippen molar-refractivity contribution in [2.75, 3.05) is 5.32 Å². The Kier molecular flexibility index (Phi) is 4.57. The first kappa shape index (κ1) is 15.7. The van der Waals surface area contributed by atoms with E-state index in [4.69, 9.17) is 15.9 Å². The molecule has 1 aromatic carbocycles. The van der Waals surface area contributed by atoms with Gasteiger partial charge in [0.1, 0.15) is 5.58 Å². The Balaban J connectivity index is 2.16. The second kappa shape index (κ2) is 6.40. The van der Waals surface area contributed by atoms with Crippen LogP contribution in [0.2, 0.25) is 0 Å². The summed E-state index contributed by atoms with van der Waals surface area (Å²) in [5.74, 6) is -0.943. The predicted octanol–water partition coefficient (Wildman–Crippen LogP) is 0.633. The van der Waals surface area contributed by atoms with E-state index in [9.17, 15) is 14.4 Å². The smallest absolute Gasteiger partial charge is 0.336 e. The van der Waals surface area contributed by atoms with E-state index in [0.29, 0.717) is 11.3 Å². The highest BCUT2D eigenvalue weighted by Crippen LogP contribution is 2.20. The number of rotatable bonds is 5. The molecule has 1 atom stereocenters. The summed E-state index contributed by atoms with van der Waals surface area (Å²) in [6.45, 7) is 1.80. The molecule has 7 nitrogen and oxygen atoms in total. The van der Waals surface area contributed by atoms with E-state index in [1.807, 2.05) is 0 Å². The number of hydrogen-bond donors (Lipinski definition) is 3. The minimum atomic E-state index is -0.840. The van der Waals surface area contributed by atoms with Gasteiger partial charge in [-0.15, -0.1) is 0 Å². The first-order chi connectivity index (χ1) is 10.4. The van der Waals surface area contributed by atoms with Crippen molar-refractivity contribution in [3.63, 3.8) is 0 Å². The number of fused-ring (bicyclic) bond motifs is 1. The summed E-state index contributed by atoms with van der Waals surface area (Å²) in [4.78, 5) is 34.0. The molecule has 5 N–H and O–H groups in total. The molecule has 7 heteroatoms. The Hall–Kier alpha value is -2.67. The molecular weight excluding hydrogens is 286 g/mol. The number of hydrogen-bond acceptors (Lipinski definition) is 5. The van der Waals surface area contributed by atoms with Gasteiger partial charge in [-0.2, -0.15) is 0 Å². The fraction of sp³-hybridized carbons (Fsp3) is 0.267. The van der Waals surface area contributed by atoms with Crippen LogP contribution in [0.25, 0.3) is 11.0 Å². The van der Waals surface area contributed by atoms with Crippen molar-refractivity contribution in [3.05, 3.63) is 40.2 Å². The molecule has 0 saturated carbocycles. The van der Waals surface area contributed by atoms with E-state index in [-0.39, 0.29) is 12.8 Å². The van der Waals surface area contributed by atoms with Crippen LogP contribution in [0.5, 0.6) is 0 Å². The number of aryl methyl sites for hydroxylation is 1. The summed E-state index contributed by atoms with van der Waals surface area (Å²) in [5, 5.41) is 3.41. The summed E-state index contributed by atoms with van der Waals surface area (Å²) >= 11 is 0. The highest BCUT2D eigenvalue weighted by Gasteiger charge is 2.15. The quantitative estimate of drug-likeness (QED) is 0.698. The largest absolute Gasteiger partial charge is 0.423 e. The molecule has 2 amide bonds. The second-order valence-corrected chi connectivity index (χ2v) is 5.06. The van der Waals surface area contributed by atoms with Crippen molar-refractivity contribution in [1.82, 2.24) is 0 Å². The maximum atomic E-state index is 11.9. The first-order valence-electron chi connectivity index (χ1n) is 6.76. The summed E-state index contributed by atoms with van der Waals surface area (Å²) in [6.07, 6.45) is 0.212. The van der Waals surface area contributed by atoms with Crippen molar-refractivity contribution in [3.8, 4) is 0 Å². The molecule has 0 saturated heterocycles. The Morgan fingerprint density at radius 2 is 2.05 bits per heavy atom. The van der Waals surface area contributed by atoms with Gasteiger partial charge in [-0.25, -0.2) is 4.79 Å². The van der Waals surface area contributed by atoms with Gasteiger partial charge >= 0.3 is 5.63 Å². The summed E-state index contributed by atoms with van der Waals surface area (Å²) in [6, 6.07) is 5.56. The van der Waals surface area contributed by atoms with Gasteiger partial charge in [0.05, 0.1) is 6.04 Å². The number of nitrogens with two attached hydrogens (primary N) is 2. The minimum absolute atomic E-state index is 0.0420. The molecule has 2 aromatic rings. The number of benzene rings is 1. The molecule has 22 heavy (non-hydrogen) atoms. The fourth-order valence-corrected chi connectivity index (χ4v) is 2.07. The SMILES string of the molecule is Cc1cc(=O)oc2cc(NC(=O)[C@@H](N)CCC(N)=O)ccc12. The predicted molar refractivity (Wildman–Crippen MR) is 82.3 cm³/mol. The Bertz CT molecular complexity index is 782. The Labute approximate surface area is 126 Å². The van der Waals surface area contributed by atoms with E-state index in [1.54, 1.807) is 25.1 Å². The normalized spacial score (nSPS) is 12.1. The van der Waals surface area contributed by atoms with Crippen LogP contribution in [0.1, 0.15) is 18.4 Å². The van der Waals surface area contributed by atoms with Crippen LogP contribution in [-0.4, -0.2) is 17.9 Å². The molecule has 0 aliphatic heterocycles. The van der Waals surface area contributed by atoms with E-state index in [2.05, 4.69) is 5.32 Å². The highest BCUT2D eigenvalue weighted by atomic mass is 16.4. The number of nitrogens with one attached hydrogen (secondary N) is 1. The van der Waals surface area contributed by atoms with Crippen LogP contribution >= 0.6 is 0 Å². The van der Waals surface area contributed by atoms with E-state index < -0.39 is 23.5 Å². The lowest BCUT2D eigenvalue weighted by atomic mass is 10.1. The topological polar surface area (TPSA) is 128 Å². The van der Waals surface area contributed by atoms with Crippen molar-refractivity contribution in [1.29, 1.82) is 0 Å². The molecule has 1 heterocycles. The lowest BCUT2D eigenvalue weighted by Crippen LogP contribution is -2.36. The summed E-state index contributed by atoms with van der Waals surface area (Å²) < 4.78 is 5.10. The highest BCUT2D eigenvalue weighted by molar-refractivity contribution is 5.96. The molecule has 0 aliphatic carbocycles. The molecule has 2 rings (SSSR count). The van der Waals surface area contributed by atoms with Crippen molar-refractivity contribution >= 4 is 28.5 Å². The minimum Gasteiger partial charge on any atom is -0.423 e. The van der Waals surface area contributed by atoms with Gasteiger partial charge in [0.15, 0.2) is 0 Å².